The van der Waals surface area contributed by atoms with E-state index in [-0.39, 0.29) is 12.8 Å². The van der Waals surface area contributed by atoms with Gasteiger partial charge >= 0.3 is 11.9 Å². The molecule has 6 nitrogen and oxygen atoms in total. The van der Waals surface area contributed by atoms with Crippen molar-refractivity contribution in [3.63, 3.8) is 0 Å². The minimum absolute atomic E-state index is 0.0421. The zero-order chi connectivity index (χ0) is 14.8. The molecule has 0 radical (unpaired) electrons. The number of carboxylic acid groups (broad SMARTS) is 1. The monoisotopic (exact) mass is 282 g/mol. The maximum Gasteiger partial charge on any atom is 0.318 e. The predicted molar refractivity (Wildman–Crippen MR) is 65.7 cm³/mol. The lowest BCUT2D eigenvalue weighted by molar-refractivity contribution is -0.258. The SMILES string of the molecule is C[C@]12CCCCC13C(=O)OC3(CCC(=O)O)C(=O)C2O. The topological polar surface area (TPSA) is 101 Å². The largest absolute Gasteiger partial charge is 0.481 e. The van der Waals surface area contributed by atoms with Crippen LogP contribution in [0.1, 0.15) is 45.4 Å². The van der Waals surface area contributed by atoms with Crippen LogP contribution < -0.4 is 0 Å². The van der Waals surface area contributed by atoms with E-state index in [1.807, 2.05) is 0 Å². The molecule has 3 rings (SSSR count). The van der Waals surface area contributed by atoms with Crippen LogP contribution in [-0.2, 0) is 19.1 Å². The second-order valence-electron chi connectivity index (χ2n) is 6.41. The zero-order valence-electron chi connectivity index (χ0n) is 11.3. The Morgan fingerprint density at radius 3 is 2.60 bits per heavy atom. The van der Waals surface area contributed by atoms with Crippen molar-refractivity contribution in [1.82, 2.24) is 0 Å². The van der Waals surface area contributed by atoms with E-state index >= 15 is 0 Å². The second-order valence-corrected chi connectivity index (χ2v) is 6.41. The van der Waals surface area contributed by atoms with Crippen LogP contribution in [0.5, 0.6) is 0 Å². The maximum absolute atomic E-state index is 12.5. The highest BCUT2D eigenvalue weighted by Crippen LogP contribution is 2.71. The first-order valence-corrected chi connectivity index (χ1v) is 6.99. The Labute approximate surface area is 116 Å². The van der Waals surface area contributed by atoms with Crippen molar-refractivity contribution in [2.45, 2.75) is 57.2 Å². The fourth-order valence-electron chi connectivity index (χ4n) is 4.64. The minimum Gasteiger partial charge on any atom is -0.481 e. The highest BCUT2D eigenvalue weighted by molar-refractivity contribution is 6.09. The molecule has 0 bridgehead atoms. The van der Waals surface area contributed by atoms with Crippen LogP contribution in [0.3, 0.4) is 0 Å². The molecule has 3 unspecified atom stereocenters. The Morgan fingerprint density at radius 2 is 2.00 bits per heavy atom. The van der Waals surface area contributed by atoms with E-state index < -0.39 is 40.3 Å². The number of aliphatic hydroxyl groups is 1. The predicted octanol–water partition coefficient (Wildman–Crippen LogP) is 0.657. The van der Waals surface area contributed by atoms with Gasteiger partial charge in [0.2, 0.25) is 5.78 Å². The number of carboxylic acids is 1. The molecule has 3 aliphatic rings. The number of hydrogen-bond donors (Lipinski definition) is 2. The molecule has 1 saturated heterocycles. The number of carbonyl (C=O) groups is 3. The third-order valence-electron chi connectivity index (χ3n) is 5.72. The average molecular weight is 282 g/mol. The molecule has 1 aliphatic heterocycles. The maximum atomic E-state index is 12.5. The zero-order valence-corrected chi connectivity index (χ0v) is 11.3. The normalized spacial score (nSPS) is 46.2. The van der Waals surface area contributed by atoms with Crippen molar-refractivity contribution < 1.29 is 29.3 Å². The van der Waals surface area contributed by atoms with Gasteiger partial charge in [0.25, 0.3) is 0 Å². The van der Waals surface area contributed by atoms with Crippen molar-refractivity contribution in [2.75, 3.05) is 0 Å². The fourth-order valence-corrected chi connectivity index (χ4v) is 4.64. The number of ketones is 1. The fraction of sp³-hybridized carbons (Fsp3) is 0.786. The van der Waals surface area contributed by atoms with Crippen LogP contribution in [-0.4, -0.2) is 39.6 Å². The van der Waals surface area contributed by atoms with E-state index in [0.717, 1.165) is 12.8 Å². The third-order valence-corrected chi connectivity index (χ3v) is 5.72. The molecule has 1 heterocycles. The molecule has 0 aromatic carbocycles. The molecule has 110 valence electrons. The number of esters is 1. The van der Waals surface area contributed by atoms with Gasteiger partial charge in [-0.2, -0.15) is 0 Å². The first-order valence-electron chi connectivity index (χ1n) is 6.99. The quantitative estimate of drug-likeness (QED) is 0.737. The lowest BCUT2D eigenvalue weighted by Crippen LogP contribution is -2.71. The molecule has 2 aliphatic carbocycles. The van der Waals surface area contributed by atoms with Crippen molar-refractivity contribution in [2.24, 2.45) is 10.8 Å². The molecule has 20 heavy (non-hydrogen) atoms. The number of aliphatic carboxylic acids is 1. The molecule has 3 fully saturated rings. The number of ether oxygens (including phenoxy) is 1. The second kappa shape index (κ2) is 3.81. The van der Waals surface area contributed by atoms with Crippen LogP contribution in [0.2, 0.25) is 0 Å². The average Bonchev–Trinajstić information content (AvgIpc) is 2.51. The van der Waals surface area contributed by atoms with E-state index in [0.29, 0.717) is 12.8 Å². The summed E-state index contributed by atoms with van der Waals surface area (Å²) in [5, 5.41) is 19.2. The Bertz CT molecular complexity index is 514. The van der Waals surface area contributed by atoms with Crippen molar-refractivity contribution in [3.8, 4) is 0 Å². The van der Waals surface area contributed by atoms with Gasteiger partial charge in [0, 0.05) is 18.3 Å². The van der Waals surface area contributed by atoms with Crippen LogP contribution >= 0.6 is 0 Å². The van der Waals surface area contributed by atoms with Crippen LogP contribution in [0, 0.1) is 10.8 Å². The van der Waals surface area contributed by atoms with Gasteiger partial charge in [0.05, 0.1) is 0 Å². The molecule has 0 aromatic heterocycles. The summed E-state index contributed by atoms with van der Waals surface area (Å²) < 4.78 is 5.20. The summed E-state index contributed by atoms with van der Waals surface area (Å²) in [5.74, 6) is -2.00. The van der Waals surface area contributed by atoms with Gasteiger partial charge in [-0.15, -0.1) is 0 Å². The summed E-state index contributed by atoms with van der Waals surface area (Å²) in [6, 6.07) is 0. The number of hydrogen-bond acceptors (Lipinski definition) is 5. The summed E-state index contributed by atoms with van der Waals surface area (Å²) in [4.78, 5) is 35.5. The summed E-state index contributed by atoms with van der Waals surface area (Å²) in [5.41, 5.74) is -3.27. The van der Waals surface area contributed by atoms with Crippen LogP contribution in [0.15, 0.2) is 0 Å². The summed E-state index contributed by atoms with van der Waals surface area (Å²) in [6.45, 7) is 1.76. The molecule has 2 N–H and O–H groups in total. The van der Waals surface area contributed by atoms with Crippen LogP contribution in [0.4, 0.5) is 0 Å². The summed E-state index contributed by atoms with van der Waals surface area (Å²) in [7, 11) is 0. The molecule has 2 saturated carbocycles. The van der Waals surface area contributed by atoms with Gasteiger partial charge < -0.3 is 14.9 Å². The Hall–Kier alpha value is -1.43. The lowest BCUT2D eigenvalue weighted by atomic mass is 9.51. The number of Topliss-reactive ketones (excluding diaryl/α,β-unsaturated/α-hetero) is 1. The Kier molecular flexibility index (Phi) is 2.58. The Balaban J connectivity index is 2.08. The van der Waals surface area contributed by atoms with E-state index in [1.165, 1.54) is 0 Å². The standard InChI is InChI=1S/C14H18O6/c1-12-5-2-3-6-13(12)11(19)20-14(13,7-4-8(15)16)10(18)9(12)17/h9,17H,2-7H2,1H3,(H,15,16)/t9?,12-,13?,14?/m1/s1. The number of aliphatic hydroxyl groups excluding tert-OH is 1. The third kappa shape index (κ3) is 1.17. The van der Waals surface area contributed by atoms with E-state index in [9.17, 15) is 19.5 Å². The first kappa shape index (κ1) is 13.5. The number of carbonyl (C=O) groups excluding carboxylic acids is 2. The molecular weight excluding hydrogens is 264 g/mol. The van der Waals surface area contributed by atoms with Crippen molar-refractivity contribution in [1.29, 1.82) is 0 Å². The van der Waals surface area contributed by atoms with Gasteiger partial charge in [-0.3, -0.25) is 14.4 Å². The highest BCUT2D eigenvalue weighted by atomic mass is 16.6. The first-order chi connectivity index (χ1) is 9.32. The summed E-state index contributed by atoms with van der Waals surface area (Å²) >= 11 is 0. The Morgan fingerprint density at radius 1 is 1.35 bits per heavy atom. The van der Waals surface area contributed by atoms with Gasteiger partial charge in [-0.25, -0.2) is 0 Å². The molecule has 0 amide bonds. The molecule has 0 aromatic rings. The minimum atomic E-state index is -1.42. The van der Waals surface area contributed by atoms with Gasteiger partial charge in [-0.1, -0.05) is 19.8 Å². The molecule has 4 atom stereocenters. The van der Waals surface area contributed by atoms with Crippen molar-refractivity contribution >= 4 is 17.7 Å². The molecule has 6 heteroatoms. The van der Waals surface area contributed by atoms with Gasteiger partial charge in [-0.05, 0) is 12.8 Å². The lowest BCUT2D eigenvalue weighted by Gasteiger charge is -2.58. The molecule has 1 spiro atoms. The van der Waals surface area contributed by atoms with Gasteiger partial charge in [0.15, 0.2) is 5.60 Å². The van der Waals surface area contributed by atoms with E-state index in [2.05, 4.69) is 0 Å². The molecular formula is C14H18O6. The summed E-state index contributed by atoms with van der Waals surface area (Å²) in [6.07, 6.45) is 1.19. The number of rotatable bonds is 3. The highest BCUT2D eigenvalue weighted by Gasteiger charge is 2.86. The van der Waals surface area contributed by atoms with E-state index in [1.54, 1.807) is 6.92 Å². The van der Waals surface area contributed by atoms with Gasteiger partial charge in [0.1, 0.15) is 11.5 Å². The van der Waals surface area contributed by atoms with E-state index in [4.69, 9.17) is 9.84 Å². The van der Waals surface area contributed by atoms with Crippen molar-refractivity contribution in [3.05, 3.63) is 0 Å². The smallest absolute Gasteiger partial charge is 0.318 e. The van der Waals surface area contributed by atoms with Crippen LogP contribution in [0.25, 0.3) is 0 Å².